The van der Waals surface area contributed by atoms with Gasteiger partial charge in [-0.05, 0) is 42.5 Å². The number of sulfonamides is 1. The van der Waals surface area contributed by atoms with Gasteiger partial charge in [0.05, 0.1) is 35.4 Å². The summed E-state index contributed by atoms with van der Waals surface area (Å²) in [5.41, 5.74) is 4.39. The van der Waals surface area contributed by atoms with Crippen LogP contribution in [0.2, 0.25) is 0 Å². The number of nitrogens with one attached hydrogen (secondary N) is 2. The van der Waals surface area contributed by atoms with Crippen LogP contribution in [0.25, 0.3) is 16.7 Å². The number of aliphatic hydroxyl groups excluding tert-OH is 2. The summed E-state index contributed by atoms with van der Waals surface area (Å²) in [5.74, 6) is 1.24. The third-order valence-electron chi connectivity index (χ3n) is 6.45. The molecule has 0 bridgehead atoms. The molecule has 1 aromatic heterocycles. The van der Waals surface area contributed by atoms with Crippen molar-refractivity contribution < 1.29 is 18.6 Å². The van der Waals surface area contributed by atoms with E-state index in [2.05, 4.69) is 26.9 Å². The molecule has 0 radical (unpaired) electrons. The molecule has 1 aliphatic heterocycles. The molecule has 210 valence electrons. The highest BCUT2D eigenvalue weighted by molar-refractivity contribution is 7.89. The van der Waals surface area contributed by atoms with Crippen molar-refractivity contribution in [2.24, 2.45) is 4.99 Å². The number of benzene rings is 3. The van der Waals surface area contributed by atoms with Gasteiger partial charge in [0.25, 0.3) is 0 Å². The second-order valence-electron chi connectivity index (χ2n) is 9.19. The normalized spacial score (nSPS) is 15.1. The molecule has 0 fully saturated rings. The predicted molar refractivity (Wildman–Crippen MR) is 158 cm³/mol. The second-order valence-corrected chi connectivity index (χ2v) is 10.9. The van der Waals surface area contributed by atoms with Gasteiger partial charge in [0.2, 0.25) is 10.0 Å². The first kappa shape index (κ1) is 27.9. The molecule has 0 atom stereocenters. The van der Waals surface area contributed by atoms with E-state index in [0.29, 0.717) is 28.7 Å². The third-order valence-corrected chi connectivity index (χ3v) is 7.99. The largest absolute Gasteiger partial charge is 0.395 e. The smallest absolute Gasteiger partial charge is 0.240 e. The van der Waals surface area contributed by atoms with Gasteiger partial charge in [-0.3, -0.25) is 0 Å². The van der Waals surface area contributed by atoms with E-state index in [4.69, 9.17) is 4.99 Å². The fourth-order valence-corrected chi connectivity index (χ4v) is 5.49. The number of hydrogen-bond acceptors (Lipinski definition) is 9. The number of aromatic nitrogens is 3. The Bertz CT molecular complexity index is 1760. The van der Waals surface area contributed by atoms with Crippen LogP contribution in [-0.2, 0) is 10.0 Å². The summed E-state index contributed by atoms with van der Waals surface area (Å²) < 4.78 is 29.3. The number of allylic oxidation sites excluding steroid dienone is 3. The van der Waals surface area contributed by atoms with Crippen LogP contribution < -0.4 is 10.0 Å². The summed E-state index contributed by atoms with van der Waals surface area (Å²) in [5, 5.41) is 30.5. The summed E-state index contributed by atoms with van der Waals surface area (Å²) in [6.45, 7) is 2.99. The van der Waals surface area contributed by atoms with E-state index in [1.807, 2.05) is 72.6 Å². The zero-order valence-electron chi connectivity index (χ0n) is 22.2. The van der Waals surface area contributed by atoms with Crippen molar-refractivity contribution in [3.8, 4) is 0 Å². The first-order valence-corrected chi connectivity index (χ1v) is 14.2. The molecule has 0 spiro atoms. The average Bonchev–Trinajstić information content (AvgIpc) is 3.42. The van der Waals surface area contributed by atoms with E-state index >= 15 is 0 Å². The van der Waals surface area contributed by atoms with Crippen LogP contribution in [0, 0.1) is 0 Å². The van der Waals surface area contributed by atoms with Gasteiger partial charge in [-0.2, -0.15) is 0 Å². The maximum atomic E-state index is 12.7. The van der Waals surface area contributed by atoms with Crippen molar-refractivity contribution >= 4 is 38.2 Å². The highest BCUT2D eigenvalue weighted by Crippen LogP contribution is 2.28. The zero-order chi connectivity index (χ0) is 29.0. The van der Waals surface area contributed by atoms with Crippen LogP contribution in [0.15, 0.2) is 119 Å². The molecule has 0 amide bonds. The van der Waals surface area contributed by atoms with Gasteiger partial charge in [-0.1, -0.05) is 54.3 Å². The van der Waals surface area contributed by atoms with Crippen molar-refractivity contribution in [3.05, 3.63) is 115 Å². The highest BCUT2D eigenvalue weighted by Gasteiger charge is 2.24. The molecule has 1 aliphatic rings. The minimum absolute atomic E-state index is 0.0000502. The van der Waals surface area contributed by atoms with Gasteiger partial charge in [-0.25, -0.2) is 22.8 Å². The van der Waals surface area contributed by atoms with Gasteiger partial charge >= 0.3 is 0 Å². The lowest BCUT2D eigenvalue weighted by Crippen LogP contribution is -2.39. The summed E-state index contributed by atoms with van der Waals surface area (Å²) >= 11 is 0. The molecule has 3 aromatic carbocycles. The highest BCUT2D eigenvalue weighted by atomic mass is 32.2. The van der Waals surface area contributed by atoms with E-state index in [0.717, 1.165) is 16.6 Å². The molecule has 0 aliphatic carbocycles. The Labute approximate surface area is 237 Å². The molecule has 4 aromatic rings. The van der Waals surface area contributed by atoms with Gasteiger partial charge in [0, 0.05) is 24.4 Å². The monoisotopic (exact) mass is 571 g/mol. The summed E-state index contributed by atoms with van der Waals surface area (Å²) in [7, 11) is -2.08. The third kappa shape index (κ3) is 5.81. The fraction of sp³-hybridized carbons (Fsp3) is 0.138. The van der Waals surface area contributed by atoms with Crippen LogP contribution >= 0.6 is 0 Å². The number of hydrogen-bond donors (Lipinski definition) is 4. The van der Waals surface area contributed by atoms with Crippen LogP contribution in [0.5, 0.6) is 0 Å². The lowest BCUT2D eigenvalue weighted by Gasteiger charge is -2.29. The molecule has 0 saturated heterocycles. The van der Waals surface area contributed by atoms with Crippen molar-refractivity contribution in [2.75, 3.05) is 25.6 Å². The van der Waals surface area contributed by atoms with Crippen LogP contribution in [0.1, 0.15) is 5.56 Å². The molecule has 5 rings (SSSR count). The number of fused-ring (bicyclic) bond motifs is 1. The standard InChI is InChI=1S/C29H29N7O4S/c1-3-26(36-27-12-8-7-11-24(27)32-34-36)29-31-25(20-9-5-4-6-10-20)17-28(35(29)2)30-21-13-15-23(16-14-21)41(39,40)33-22(18-37)19-38/h3-17,22,30,33,37-38H,1,18-19H2,2H3/b29-26+. The molecule has 0 saturated carbocycles. The number of aliphatic hydroxyl groups is 2. The topological polar surface area (TPSA) is 145 Å². The molecule has 0 unspecified atom stereocenters. The molecule has 11 nitrogen and oxygen atoms in total. The van der Waals surface area contributed by atoms with Crippen LogP contribution in [0.4, 0.5) is 5.69 Å². The van der Waals surface area contributed by atoms with Gasteiger partial charge in [0.1, 0.15) is 17.0 Å². The maximum absolute atomic E-state index is 12.7. The van der Waals surface area contributed by atoms with Crippen molar-refractivity contribution in [3.63, 3.8) is 0 Å². The molecule has 4 N–H and O–H groups in total. The predicted octanol–water partition coefficient (Wildman–Crippen LogP) is 2.76. The Morgan fingerprint density at radius 2 is 1.68 bits per heavy atom. The Hall–Kier alpha value is -4.62. The molecule has 2 heterocycles. The Morgan fingerprint density at radius 3 is 2.37 bits per heavy atom. The lowest BCUT2D eigenvalue weighted by atomic mass is 10.1. The summed E-state index contributed by atoms with van der Waals surface area (Å²) in [6.07, 6.45) is 3.58. The van der Waals surface area contributed by atoms with Gasteiger partial charge in [-0.15, -0.1) is 5.10 Å². The summed E-state index contributed by atoms with van der Waals surface area (Å²) in [4.78, 5) is 6.83. The summed E-state index contributed by atoms with van der Waals surface area (Å²) in [6, 6.07) is 22.5. The van der Waals surface area contributed by atoms with Gasteiger partial charge < -0.3 is 20.4 Å². The SMILES string of the molecule is C=C/C(=C1/N=C(c2ccccc2)C=C(Nc2ccc(S(=O)(=O)NC(CO)CO)cc2)N1C)n1nnc2ccccc21. The van der Waals surface area contributed by atoms with E-state index < -0.39 is 29.3 Å². The number of para-hydroxylation sites is 1. The number of aliphatic imine (C=N–C) groups is 1. The van der Waals surface area contributed by atoms with Crippen molar-refractivity contribution in [1.82, 2.24) is 24.6 Å². The lowest BCUT2D eigenvalue weighted by molar-refractivity contribution is 0.185. The van der Waals surface area contributed by atoms with E-state index in [9.17, 15) is 18.6 Å². The van der Waals surface area contributed by atoms with Crippen molar-refractivity contribution in [2.45, 2.75) is 10.9 Å². The number of anilines is 1. The van der Waals surface area contributed by atoms with Crippen molar-refractivity contribution in [1.29, 1.82) is 0 Å². The maximum Gasteiger partial charge on any atom is 0.240 e. The zero-order valence-corrected chi connectivity index (χ0v) is 23.0. The van der Waals surface area contributed by atoms with Crippen LogP contribution in [-0.4, -0.2) is 70.5 Å². The van der Waals surface area contributed by atoms with E-state index in [1.165, 1.54) is 12.1 Å². The molecule has 41 heavy (non-hydrogen) atoms. The Balaban J connectivity index is 1.53. The fourth-order valence-electron chi connectivity index (χ4n) is 4.27. The minimum Gasteiger partial charge on any atom is -0.395 e. The number of rotatable bonds is 10. The molecular weight excluding hydrogens is 542 g/mol. The molecule has 12 heteroatoms. The minimum atomic E-state index is -3.93. The average molecular weight is 572 g/mol. The first-order valence-electron chi connectivity index (χ1n) is 12.7. The molecular formula is C29H29N7O4S. The van der Waals surface area contributed by atoms with Gasteiger partial charge in [0.15, 0.2) is 5.82 Å². The number of nitrogens with zero attached hydrogens (tertiary/aromatic N) is 5. The Kier molecular flexibility index (Phi) is 8.08. The quantitative estimate of drug-likeness (QED) is 0.227. The van der Waals surface area contributed by atoms with E-state index in [-0.39, 0.29) is 4.90 Å². The van der Waals surface area contributed by atoms with E-state index in [1.54, 1.807) is 22.9 Å². The second kappa shape index (κ2) is 11.9. The Morgan fingerprint density at radius 1 is 1.00 bits per heavy atom. The first-order chi connectivity index (χ1) is 19.8. The van der Waals surface area contributed by atoms with Crippen LogP contribution in [0.3, 0.4) is 0 Å².